The van der Waals surface area contributed by atoms with Gasteiger partial charge in [0.25, 0.3) is 0 Å². The smallest absolute Gasteiger partial charge is 0.169 e. The number of phenols is 4. The molecular weight excluding hydrogens is 288 g/mol. The van der Waals surface area contributed by atoms with E-state index in [4.69, 9.17) is 12.2 Å². The monoisotopic (exact) mass is 302 g/mol. The molecule has 0 atom stereocenters. The Balaban J connectivity index is 2.41. The van der Waals surface area contributed by atoms with E-state index in [9.17, 15) is 20.4 Å². The second-order valence-corrected chi connectivity index (χ2v) is 4.94. The van der Waals surface area contributed by atoms with Crippen LogP contribution in [-0.4, -0.2) is 25.3 Å². The molecule has 108 valence electrons. The molecule has 0 aliphatic heterocycles. The van der Waals surface area contributed by atoms with E-state index in [1.165, 1.54) is 19.1 Å². The van der Waals surface area contributed by atoms with E-state index >= 15 is 0 Å². The van der Waals surface area contributed by atoms with Gasteiger partial charge in [0.1, 0.15) is 0 Å². The number of allylic oxidation sites excluding steroid dienone is 1. The van der Waals surface area contributed by atoms with Crippen molar-refractivity contribution in [3.63, 3.8) is 0 Å². The molecule has 0 heterocycles. The Bertz CT molecular complexity index is 692. The number of hydrogen-bond acceptors (Lipinski definition) is 5. The third-order valence-electron chi connectivity index (χ3n) is 3.13. The van der Waals surface area contributed by atoms with Gasteiger partial charge in [-0.2, -0.15) is 0 Å². The highest BCUT2D eigenvalue weighted by atomic mass is 32.1. The molecule has 4 nitrogen and oxygen atoms in total. The predicted molar refractivity (Wildman–Crippen MR) is 85.0 cm³/mol. The summed E-state index contributed by atoms with van der Waals surface area (Å²) in [5.41, 5.74) is 0.727. The Morgan fingerprint density at radius 3 is 1.95 bits per heavy atom. The molecule has 4 N–H and O–H groups in total. The first kappa shape index (κ1) is 14.9. The maximum absolute atomic E-state index is 9.85. The van der Waals surface area contributed by atoms with E-state index in [1.807, 2.05) is 30.3 Å². The van der Waals surface area contributed by atoms with E-state index in [2.05, 4.69) is 0 Å². The first-order valence-corrected chi connectivity index (χ1v) is 6.58. The summed E-state index contributed by atoms with van der Waals surface area (Å²) in [6.45, 7) is 1.38. The summed E-state index contributed by atoms with van der Waals surface area (Å²) in [5, 5.41) is 39.1. The van der Waals surface area contributed by atoms with Gasteiger partial charge in [0.15, 0.2) is 23.0 Å². The van der Waals surface area contributed by atoms with Crippen LogP contribution in [0.5, 0.6) is 23.0 Å². The van der Waals surface area contributed by atoms with Crippen LogP contribution in [-0.2, 0) is 0 Å². The van der Waals surface area contributed by atoms with Crippen molar-refractivity contribution >= 4 is 23.2 Å². The third kappa shape index (κ3) is 2.83. The quantitative estimate of drug-likeness (QED) is 0.230. The molecule has 0 radical (unpaired) electrons. The highest BCUT2D eigenvalue weighted by Gasteiger charge is 2.19. The SMILES string of the molecule is Cc1c(O)c(O)c(C=CC(=S)c2ccccc2)c(O)c1O. The number of benzene rings is 2. The topological polar surface area (TPSA) is 80.9 Å². The van der Waals surface area contributed by atoms with E-state index in [1.54, 1.807) is 0 Å². The normalized spacial score (nSPS) is 10.9. The molecule has 0 saturated carbocycles. The zero-order chi connectivity index (χ0) is 15.6. The van der Waals surface area contributed by atoms with Crippen molar-refractivity contribution in [2.24, 2.45) is 0 Å². The summed E-state index contributed by atoms with van der Waals surface area (Å²) >= 11 is 5.22. The van der Waals surface area contributed by atoms with Gasteiger partial charge in [-0.3, -0.25) is 0 Å². The van der Waals surface area contributed by atoms with Crippen LogP contribution in [0.2, 0.25) is 0 Å². The molecule has 5 heteroatoms. The van der Waals surface area contributed by atoms with Crippen molar-refractivity contribution in [2.45, 2.75) is 6.92 Å². The third-order valence-corrected chi connectivity index (χ3v) is 3.50. The van der Waals surface area contributed by atoms with Gasteiger partial charge in [0.2, 0.25) is 0 Å². The maximum Gasteiger partial charge on any atom is 0.169 e. The maximum atomic E-state index is 9.85. The molecule has 0 aliphatic rings. The zero-order valence-corrected chi connectivity index (χ0v) is 12.1. The number of thiocarbonyl (C=S) groups is 1. The highest BCUT2D eigenvalue weighted by molar-refractivity contribution is 7.81. The first-order valence-electron chi connectivity index (χ1n) is 6.17. The number of rotatable bonds is 3. The summed E-state index contributed by atoms with van der Waals surface area (Å²) in [5.74, 6) is -1.96. The van der Waals surface area contributed by atoms with Crippen LogP contribution in [0.4, 0.5) is 0 Å². The Hall–Kier alpha value is -2.53. The van der Waals surface area contributed by atoms with Crippen LogP contribution in [0, 0.1) is 6.92 Å². The Labute approximate surface area is 127 Å². The van der Waals surface area contributed by atoms with Gasteiger partial charge in [0.05, 0.1) is 5.56 Å². The fraction of sp³-hybridized carbons (Fsp3) is 0.0625. The molecule has 0 aromatic heterocycles. The molecular formula is C16H14O4S. The van der Waals surface area contributed by atoms with Crippen LogP contribution in [0.1, 0.15) is 16.7 Å². The Morgan fingerprint density at radius 2 is 1.43 bits per heavy atom. The molecule has 2 rings (SSSR count). The van der Waals surface area contributed by atoms with Crippen molar-refractivity contribution in [1.82, 2.24) is 0 Å². The lowest BCUT2D eigenvalue weighted by atomic mass is 10.0. The predicted octanol–water partition coefficient (Wildman–Crippen LogP) is 3.25. The average molecular weight is 302 g/mol. The van der Waals surface area contributed by atoms with E-state index in [0.717, 1.165) is 5.56 Å². The van der Waals surface area contributed by atoms with Crippen molar-refractivity contribution in [2.75, 3.05) is 0 Å². The van der Waals surface area contributed by atoms with E-state index < -0.39 is 23.0 Å². The fourth-order valence-electron chi connectivity index (χ4n) is 1.85. The molecule has 2 aromatic carbocycles. The number of hydrogen-bond donors (Lipinski definition) is 4. The summed E-state index contributed by atoms with van der Waals surface area (Å²) in [7, 11) is 0. The molecule has 0 spiro atoms. The van der Waals surface area contributed by atoms with Gasteiger partial charge >= 0.3 is 0 Å². The molecule has 0 bridgehead atoms. The molecule has 0 fully saturated rings. The fourth-order valence-corrected chi connectivity index (χ4v) is 2.05. The van der Waals surface area contributed by atoms with Crippen LogP contribution < -0.4 is 0 Å². The van der Waals surface area contributed by atoms with E-state index in [-0.39, 0.29) is 11.1 Å². The largest absolute Gasteiger partial charge is 0.504 e. The van der Waals surface area contributed by atoms with Gasteiger partial charge < -0.3 is 20.4 Å². The number of phenolic OH excluding ortho intramolecular Hbond substituents is 4. The highest BCUT2D eigenvalue weighted by Crippen LogP contribution is 2.46. The second kappa shape index (κ2) is 5.85. The summed E-state index contributed by atoms with van der Waals surface area (Å²) < 4.78 is 0. The molecule has 0 amide bonds. The molecule has 0 unspecified atom stereocenters. The lowest BCUT2D eigenvalue weighted by molar-refractivity contribution is 0.367. The second-order valence-electron chi connectivity index (χ2n) is 4.50. The lowest BCUT2D eigenvalue weighted by Crippen LogP contribution is -1.91. The van der Waals surface area contributed by atoms with Gasteiger partial charge in [0, 0.05) is 10.4 Å². The molecule has 0 aliphatic carbocycles. The van der Waals surface area contributed by atoms with Gasteiger partial charge in [-0.1, -0.05) is 42.5 Å². The molecule has 21 heavy (non-hydrogen) atoms. The number of aromatic hydroxyl groups is 4. The van der Waals surface area contributed by atoms with Gasteiger partial charge in [-0.25, -0.2) is 0 Å². The minimum absolute atomic E-state index is 0.00721. The Morgan fingerprint density at radius 1 is 0.905 bits per heavy atom. The van der Waals surface area contributed by atoms with Crippen molar-refractivity contribution in [1.29, 1.82) is 0 Å². The lowest BCUT2D eigenvalue weighted by Gasteiger charge is -2.10. The van der Waals surface area contributed by atoms with Crippen LogP contribution in [0.15, 0.2) is 36.4 Å². The minimum Gasteiger partial charge on any atom is -0.504 e. The van der Waals surface area contributed by atoms with Crippen LogP contribution in [0.3, 0.4) is 0 Å². The van der Waals surface area contributed by atoms with Crippen molar-refractivity contribution < 1.29 is 20.4 Å². The minimum atomic E-state index is -0.505. The van der Waals surface area contributed by atoms with Crippen molar-refractivity contribution in [3.05, 3.63) is 53.1 Å². The summed E-state index contributed by atoms with van der Waals surface area (Å²) in [6, 6.07) is 9.21. The standard InChI is InChI=1S/C16H14O4S/c1-9-13(17)15(19)11(16(20)14(9)18)7-8-12(21)10-5-3-2-4-6-10/h2-8,17-20H,1H3. The molecule has 2 aromatic rings. The van der Waals surface area contributed by atoms with Gasteiger partial charge in [-0.05, 0) is 24.6 Å². The summed E-state index contributed by atoms with van der Waals surface area (Å²) in [6.07, 6.45) is 2.85. The zero-order valence-electron chi connectivity index (χ0n) is 11.2. The average Bonchev–Trinajstić information content (AvgIpc) is 2.51. The van der Waals surface area contributed by atoms with Crippen LogP contribution in [0.25, 0.3) is 6.08 Å². The van der Waals surface area contributed by atoms with Crippen LogP contribution >= 0.6 is 12.2 Å². The van der Waals surface area contributed by atoms with Gasteiger partial charge in [-0.15, -0.1) is 0 Å². The molecule has 0 saturated heterocycles. The van der Waals surface area contributed by atoms with E-state index in [0.29, 0.717) is 4.86 Å². The van der Waals surface area contributed by atoms with Crippen molar-refractivity contribution in [3.8, 4) is 23.0 Å². The Kier molecular flexibility index (Phi) is 4.14. The first-order chi connectivity index (χ1) is 9.93. The summed E-state index contributed by atoms with van der Waals surface area (Å²) in [4.78, 5) is 0.494.